The first kappa shape index (κ1) is 23.2. The van der Waals surface area contributed by atoms with E-state index >= 15 is 0 Å². The highest BCUT2D eigenvalue weighted by molar-refractivity contribution is 14.0. The molecule has 1 fully saturated rings. The molecule has 0 spiro atoms. The second-order valence-electron chi connectivity index (χ2n) is 7.12. The van der Waals surface area contributed by atoms with Crippen LogP contribution in [0.15, 0.2) is 22.5 Å². The standard InChI is InChI=1S/C20H32N6S.HI/c1-5-21-20(22-13-17-15(2)24-25(4)16(17)3)23-14-18(19-9-8-12-27-19)26-10-6-7-11-26;/h8-9,12,18H,5-7,10-11,13-14H2,1-4H3,(H2,21,22,23);1H. The van der Waals surface area contributed by atoms with E-state index in [0.29, 0.717) is 12.6 Å². The number of thiophene rings is 1. The van der Waals surface area contributed by atoms with E-state index in [1.165, 1.54) is 42.1 Å². The number of nitrogens with one attached hydrogen (secondary N) is 2. The summed E-state index contributed by atoms with van der Waals surface area (Å²) in [6, 6.07) is 4.82. The van der Waals surface area contributed by atoms with Crippen molar-refractivity contribution in [1.82, 2.24) is 25.3 Å². The number of aliphatic imine (C=N–C) groups is 1. The normalized spacial score (nSPS) is 16.1. The van der Waals surface area contributed by atoms with Gasteiger partial charge in [0.1, 0.15) is 0 Å². The maximum atomic E-state index is 4.82. The molecule has 1 unspecified atom stereocenters. The van der Waals surface area contributed by atoms with Crippen LogP contribution in [-0.4, -0.2) is 46.8 Å². The van der Waals surface area contributed by atoms with Gasteiger partial charge < -0.3 is 10.6 Å². The molecule has 2 aromatic heterocycles. The Morgan fingerprint density at radius 1 is 1.29 bits per heavy atom. The Morgan fingerprint density at radius 3 is 2.61 bits per heavy atom. The first-order valence-electron chi connectivity index (χ1n) is 9.88. The van der Waals surface area contributed by atoms with Crippen molar-refractivity contribution in [2.24, 2.45) is 12.0 Å². The van der Waals surface area contributed by atoms with Crippen molar-refractivity contribution in [1.29, 1.82) is 0 Å². The van der Waals surface area contributed by atoms with Crippen molar-refractivity contribution in [3.8, 4) is 0 Å². The third-order valence-electron chi connectivity index (χ3n) is 5.31. The van der Waals surface area contributed by atoms with Crippen LogP contribution in [0.4, 0.5) is 0 Å². The Bertz CT molecular complexity index is 749. The average Bonchev–Trinajstić information content (AvgIpc) is 3.39. The third-order valence-corrected chi connectivity index (χ3v) is 6.29. The molecule has 2 N–H and O–H groups in total. The van der Waals surface area contributed by atoms with Gasteiger partial charge in [-0.05, 0) is 58.1 Å². The van der Waals surface area contributed by atoms with Gasteiger partial charge in [-0.1, -0.05) is 6.07 Å². The van der Waals surface area contributed by atoms with Crippen LogP contribution in [0.25, 0.3) is 0 Å². The lowest BCUT2D eigenvalue weighted by Gasteiger charge is -2.27. The van der Waals surface area contributed by atoms with E-state index in [2.05, 4.69) is 58.9 Å². The van der Waals surface area contributed by atoms with E-state index in [-0.39, 0.29) is 24.0 Å². The third kappa shape index (κ3) is 5.70. The number of hydrogen-bond acceptors (Lipinski definition) is 4. The molecular weight excluding hydrogens is 483 g/mol. The molecule has 0 saturated carbocycles. The lowest BCUT2D eigenvalue weighted by Crippen LogP contribution is -2.42. The fraction of sp³-hybridized carbons (Fsp3) is 0.600. The monoisotopic (exact) mass is 516 g/mol. The molecule has 0 amide bonds. The summed E-state index contributed by atoms with van der Waals surface area (Å²) < 4.78 is 1.93. The highest BCUT2D eigenvalue weighted by Gasteiger charge is 2.24. The van der Waals surface area contributed by atoms with E-state index in [1.807, 2.05) is 23.1 Å². The number of likely N-dealkylation sites (tertiary alicyclic amines) is 1. The summed E-state index contributed by atoms with van der Waals surface area (Å²) in [6.45, 7) is 11.0. The van der Waals surface area contributed by atoms with Crippen LogP contribution in [0.1, 0.15) is 47.6 Å². The zero-order chi connectivity index (χ0) is 19.2. The van der Waals surface area contributed by atoms with Crippen molar-refractivity contribution < 1.29 is 0 Å². The van der Waals surface area contributed by atoms with Crippen molar-refractivity contribution >= 4 is 41.3 Å². The smallest absolute Gasteiger partial charge is 0.191 e. The molecular formula is C20H33IN6S. The molecule has 156 valence electrons. The molecule has 0 aliphatic carbocycles. The number of guanidine groups is 1. The maximum Gasteiger partial charge on any atom is 0.191 e. The number of nitrogens with zero attached hydrogens (tertiary/aromatic N) is 4. The Labute approximate surface area is 189 Å². The van der Waals surface area contributed by atoms with Crippen LogP contribution >= 0.6 is 35.3 Å². The van der Waals surface area contributed by atoms with Gasteiger partial charge in [0, 0.05) is 36.3 Å². The largest absolute Gasteiger partial charge is 0.357 e. The lowest BCUT2D eigenvalue weighted by atomic mass is 10.2. The van der Waals surface area contributed by atoms with Gasteiger partial charge in [-0.3, -0.25) is 9.58 Å². The molecule has 2 aromatic rings. The number of halogens is 1. The van der Waals surface area contributed by atoms with Crippen LogP contribution in [0, 0.1) is 13.8 Å². The Kier molecular flexibility index (Phi) is 9.23. The molecule has 0 bridgehead atoms. The lowest BCUT2D eigenvalue weighted by molar-refractivity contribution is 0.249. The van der Waals surface area contributed by atoms with E-state index in [4.69, 9.17) is 4.99 Å². The SMILES string of the molecule is CCNC(=NCc1c(C)nn(C)c1C)NCC(c1cccs1)N1CCCC1.I. The van der Waals surface area contributed by atoms with Gasteiger partial charge >= 0.3 is 0 Å². The summed E-state index contributed by atoms with van der Waals surface area (Å²) in [4.78, 5) is 8.85. The topological polar surface area (TPSA) is 57.5 Å². The van der Waals surface area contributed by atoms with E-state index in [0.717, 1.165) is 24.7 Å². The van der Waals surface area contributed by atoms with Crippen LogP contribution in [0.2, 0.25) is 0 Å². The fourth-order valence-electron chi connectivity index (χ4n) is 3.68. The quantitative estimate of drug-likeness (QED) is 0.336. The maximum absolute atomic E-state index is 4.82. The second kappa shape index (κ2) is 11.2. The molecule has 3 heterocycles. The Hall–Kier alpha value is -1.13. The minimum atomic E-state index is 0. The minimum Gasteiger partial charge on any atom is -0.357 e. The summed E-state index contributed by atoms with van der Waals surface area (Å²) in [6.07, 6.45) is 2.60. The fourth-order valence-corrected chi connectivity index (χ4v) is 4.54. The van der Waals surface area contributed by atoms with Gasteiger partial charge in [0.25, 0.3) is 0 Å². The van der Waals surface area contributed by atoms with Crippen LogP contribution in [0.5, 0.6) is 0 Å². The number of aromatic nitrogens is 2. The zero-order valence-electron chi connectivity index (χ0n) is 17.4. The Morgan fingerprint density at radius 2 is 2.04 bits per heavy atom. The van der Waals surface area contributed by atoms with Gasteiger partial charge in [0.2, 0.25) is 0 Å². The van der Waals surface area contributed by atoms with Gasteiger partial charge in [0.15, 0.2) is 5.96 Å². The molecule has 3 rings (SSSR count). The summed E-state index contributed by atoms with van der Waals surface area (Å²) in [5.74, 6) is 0.876. The molecule has 1 saturated heterocycles. The number of hydrogen-bond donors (Lipinski definition) is 2. The molecule has 28 heavy (non-hydrogen) atoms. The van der Waals surface area contributed by atoms with Gasteiger partial charge in [-0.25, -0.2) is 4.99 Å². The molecule has 0 radical (unpaired) electrons. The second-order valence-corrected chi connectivity index (χ2v) is 8.10. The molecule has 1 atom stereocenters. The van der Waals surface area contributed by atoms with Gasteiger partial charge in [-0.2, -0.15) is 5.10 Å². The van der Waals surface area contributed by atoms with Crippen molar-refractivity contribution in [3.05, 3.63) is 39.3 Å². The predicted octanol–water partition coefficient (Wildman–Crippen LogP) is 3.61. The summed E-state index contributed by atoms with van der Waals surface area (Å²) in [7, 11) is 1.99. The van der Waals surface area contributed by atoms with Crippen LogP contribution in [0.3, 0.4) is 0 Å². The average molecular weight is 516 g/mol. The number of rotatable bonds is 7. The predicted molar refractivity (Wildman–Crippen MR) is 129 cm³/mol. The van der Waals surface area contributed by atoms with Gasteiger partial charge in [-0.15, -0.1) is 35.3 Å². The van der Waals surface area contributed by atoms with Gasteiger partial charge in [0.05, 0.1) is 18.3 Å². The highest BCUT2D eigenvalue weighted by atomic mass is 127. The Balaban J connectivity index is 0.00000280. The molecule has 1 aliphatic heterocycles. The minimum absolute atomic E-state index is 0. The van der Waals surface area contributed by atoms with Crippen LogP contribution < -0.4 is 10.6 Å². The molecule has 0 aromatic carbocycles. The van der Waals surface area contributed by atoms with Crippen molar-refractivity contribution in [3.63, 3.8) is 0 Å². The zero-order valence-corrected chi connectivity index (χ0v) is 20.5. The molecule has 8 heteroatoms. The van der Waals surface area contributed by atoms with Crippen molar-refractivity contribution in [2.75, 3.05) is 26.2 Å². The molecule has 6 nitrogen and oxygen atoms in total. The number of aryl methyl sites for hydroxylation is 2. The summed E-state index contributed by atoms with van der Waals surface area (Å²) in [5.41, 5.74) is 3.45. The van der Waals surface area contributed by atoms with E-state index in [9.17, 15) is 0 Å². The van der Waals surface area contributed by atoms with E-state index < -0.39 is 0 Å². The van der Waals surface area contributed by atoms with Crippen LogP contribution in [-0.2, 0) is 13.6 Å². The highest BCUT2D eigenvalue weighted by Crippen LogP contribution is 2.27. The van der Waals surface area contributed by atoms with E-state index in [1.54, 1.807) is 0 Å². The summed E-state index contributed by atoms with van der Waals surface area (Å²) >= 11 is 1.85. The first-order valence-corrected chi connectivity index (χ1v) is 10.8. The summed E-state index contributed by atoms with van der Waals surface area (Å²) in [5, 5.41) is 13.6. The van der Waals surface area contributed by atoms with Crippen molar-refractivity contribution in [2.45, 2.75) is 46.2 Å². The molecule has 1 aliphatic rings. The first-order chi connectivity index (χ1) is 13.1.